The van der Waals surface area contributed by atoms with Crippen molar-refractivity contribution < 1.29 is 33.9 Å². The number of nitrogens with zero attached hydrogens (tertiary/aromatic N) is 4. The Hall–Kier alpha value is -6.92. The molecule has 0 radical (unpaired) electrons. The first kappa shape index (κ1) is 45.2. The Balaban J connectivity index is 1.53. The Morgan fingerprint density at radius 2 is 1.30 bits per heavy atom. The Morgan fingerprint density at radius 3 is 1.98 bits per heavy atom. The molecular formula is C42H56N12O7. The first-order chi connectivity index (χ1) is 29.2. The third kappa shape index (κ3) is 12.8. The Kier molecular flexibility index (Phi) is 15.8. The molecule has 0 unspecified atom stereocenters. The van der Waals surface area contributed by atoms with Crippen LogP contribution in [0.1, 0.15) is 49.7 Å². The van der Waals surface area contributed by atoms with Crippen molar-refractivity contribution in [3.05, 3.63) is 77.9 Å². The number of likely N-dealkylation sites (N-methyl/N-ethyl adjacent to an activating group) is 1. The Morgan fingerprint density at radius 1 is 0.705 bits per heavy atom. The van der Waals surface area contributed by atoms with Gasteiger partial charge in [-0.25, -0.2) is 0 Å². The number of fused-ring (bicyclic) bond motifs is 2. The highest BCUT2D eigenvalue weighted by molar-refractivity contribution is 5.98. The van der Waals surface area contributed by atoms with Gasteiger partial charge >= 0.3 is 0 Å². The molecule has 0 aromatic heterocycles. The third-order valence-electron chi connectivity index (χ3n) is 10.8. The number of phenolic OH excluding ortho intramolecular Hbond substituents is 1. The monoisotopic (exact) mass is 840 g/mol. The number of aliphatic imine (C=N–C) groups is 2. The number of rotatable bonds is 12. The minimum Gasteiger partial charge on any atom is -0.508 e. The molecule has 0 saturated carbocycles. The highest BCUT2D eigenvalue weighted by Crippen LogP contribution is 2.21. The van der Waals surface area contributed by atoms with Gasteiger partial charge in [0.15, 0.2) is 11.9 Å². The summed E-state index contributed by atoms with van der Waals surface area (Å²) >= 11 is 0. The van der Waals surface area contributed by atoms with E-state index in [0.29, 0.717) is 18.4 Å². The first-order valence-electron chi connectivity index (χ1n) is 20.3. The van der Waals surface area contributed by atoms with Crippen molar-refractivity contribution in [1.29, 1.82) is 0 Å². The Labute approximate surface area is 353 Å². The summed E-state index contributed by atoms with van der Waals surface area (Å²) in [5, 5.41) is 22.9. The second-order valence-electron chi connectivity index (χ2n) is 15.3. The van der Waals surface area contributed by atoms with Crippen LogP contribution < -0.4 is 44.2 Å². The van der Waals surface area contributed by atoms with Crippen molar-refractivity contribution in [3.63, 3.8) is 0 Å². The molecule has 13 N–H and O–H groups in total. The highest BCUT2D eigenvalue weighted by atomic mass is 16.3. The molecule has 2 fully saturated rings. The molecule has 2 heterocycles. The summed E-state index contributed by atoms with van der Waals surface area (Å²) in [7, 11) is 1.42. The number of nitrogens with one attached hydrogen (secondary N) is 4. The number of nitrogens with two attached hydrogens (primary N) is 4. The number of hydrogen-bond acceptors (Lipinski definition) is 9. The molecule has 2 aliphatic heterocycles. The van der Waals surface area contributed by atoms with Gasteiger partial charge in [0.25, 0.3) is 0 Å². The third-order valence-corrected chi connectivity index (χ3v) is 10.8. The van der Waals surface area contributed by atoms with Gasteiger partial charge in [0, 0.05) is 39.5 Å². The van der Waals surface area contributed by atoms with Gasteiger partial charge in [0.2, 0.25) is 35.4 Å². The number of phenols is 1. The molecule has 6 amide bonds. The van der Waals surface area contributed by atoms with Gasteiger partial charge in [-0.15, -0.1) is 0 Å². The van der Waals surface area contributed by atoms with Gasteiger partial charge in [-0.3, -0.25) is 38.8 Å². The number of benzene rings is 3. The minimum atomic E-state index is -1.24. The van der Waals surface area contributed by atoms with Gasteiger partial charge in [-0.1, -0.05) is 54.6 Å². The Bertz CT molecular complexity index is 2120. The molecule has 5 atom stereocenters. The normalized spacial score (nSPS) is 22.0. The molecule has 19 nitrogen and oxygen atoms in total. The van der Waals surface area contributed by atoms with Crippen LogP contribution in [-0.2, 0) is 41.6 Å². The van der Waals surface area contributed by atoms with E-state index < -0.39 is 72.2 Å². The van der Waals surface area contributed by atoms with Crippen LogP contribution in [0, 0.1) is 0 Å². The van der Waals surface area contributed by atoms with E-state index in [0.717, 1.165) is 16.3 Å². The maximum absolute atomic E-state index is 14.6. The molecule has 2 saturated heterocycles. The zero-order chi connectivity index (χ0) is 44.1. The fourth-order valence-corrected chi connectivity index (χ4v) is 7.57. The van der Waals surface area contributed by atoms with E-state index in [2.05, 4.69) is 31.3 Å². The summed E-state index contributed by atoms with van der Waals surface area (Å²) in [6.07, 6.45) is 1.39. The largest absolute Gasteiger partial charge is 0.508 e. The van der Waals surface area contributed by atoms with Gasteiger partial charge in [-0.05, 0) is 72.6 Å². The average Bonchev–Trinajstić information content (AvgIpc) is 3.73. The number of hydrogen-bond donors (Lipinski definition) is 9. The second-order valence-corrected chi connectivity index (χ2v) is 15.3. The molecule has 0 spiro atoms. The molecule has 0 aliphatic carbocycles. The summed E-state index contributed by atoms with van der Waals surface area (Å²) < 4.78 is 0. The van der Waals surface area contributed by atoms with Crippen LogP contribution in [-0.4, -0.2) is 126 Å². The summed E-state index contributed by atoms with van der Waals surface area (Å²) in [4.78, 5) is 95.6. The van der Waals surface area contributed by atoms with Gasteiger partial charge in [-0.2, -0.15) is 0 Å². The molecule has 5 rings (SSSR count). The fourth-order valence-electron chi connectivity index (χ4n) is 7.57. The van der Waals surface area contributed by atoms with Crippen molar-refractivity contribution in [2.75, 3.05) is 33.2 Å². The molecule has 19 heteroatoms. The lowest BCUT2D eigenvalue weighted by Crippen LogP contribution is -2.60. The van der Waals surface area contributed by atoms with E-state index in [4.69, 9.17) is 22.9 Å². The van der Waals surface area contributed by atoms with Gasteiger partial charge < -0.3 is 59.1 Å². The zero-order valence-corrected chi connectivity index (χ0v) is 34.2. The molecular weight excluding hydrogens is 785 g/mol. The molecule has 3 aromatic rings. The zero-order valence-electron chi connectivity index (χ0n) is 34.2. The van der Waals surface area contributed by atoms with Crippen LogP contribution >= 0.6 is 0 Å². The smallest absolute Gasteiger partial charge is 0.245 e. The summed E-state index contributed by atoms with van der Waals surface area (Å²) in [6.45, 7) is 0.0239. The summed E-state index contributed by atoms with van der Waals surface area (Å²) in [5.41, 5.74) is 23.5. The van der Waals surface area contributed by atoms with Crippen LogP contribution in [0.5, 0.6) is 5.75 Å². The van der Waals surface area contributed by atoms with E-state index in [-0.39, 0.29) is 75.8 Å². The van der Waals surface area contributed by atoms with Crippen LogP contribution in [0.4, 0.5) is 0 Å². The average molecular weight is 841 g/mol. The SMILES string of the molecule is CN1C(=O)[C@H](CCCN=C(N)N)NC(=O)[C@@H](Cc2ccc(O)cc2)NC(=O)[C@@H]2CCCN2C(=O)CNC(=O)[C@H](Cc2ccc3ccccc3c2)NC(=O)[C@@H]1CCCN=C(N)N. The number of aromatic hydroxyl groups is 1. The highest BCUT2D eigenvalue weighted by Gasteiger charge is 2.39. The van der Waals surface area contributed by atoms with Crippen LogP contribution in [0.3, 0.4) is 0 Å². The lowest BCUT2D eigenvalue weighted by atomic mass is 10.00. The lowest BCUT2D eigenvalue weighted by molar-refractivity contribution is -0.144. The van der Waals surface area contributed by atoms with E-state index in [9.17, 15) is 33.9 Å². The summed E-state index contributed by atoms with van der Waals surface area (Å²) in [5.74, 6) is -4.09. The fraction of sp³-hybridized carbons (Fsp3) is 0.429. The number of carbonyl (C=O) groups is 6. The predicted octanol–water partition coefficient (Wildman–Crippen LogP) is -1.16. The predicted molar refractivity (Wildman–Crippen MR) is 229 cm³/mol. The van der Waals surface area contributed by atoms with Crippen molar-refractivity contribution in [2.24, 2.45) is 32.9 Å². The van der Waals surface area contributed by atoms with Crippen molar-refractivity contribution in [2.45, 2.75) is 81.6 Å². The van der Waals surface area contributed by atoms with Crippen molar-refractivity contribution in [3.8, 4) is 5.75 Å². The maximum atomic E-state index is 14.6. The molecule has 2 aliphatic rings. The minimum absolute atomic E-state index is 0.000478. The van der Waals surface area contributed by atoms with Crippen molar-refractivity contribution >= 4 is 58.1 Å². The maximum Gasteiger partial charge on any atom is 0.245 e. The molecule has 3 aromatic carbocycles. The number of guanidine groups is 2. The van der Waals surface area contributed by atoms with E-state index in [1.165, 1.54) is 29.0 Å². The molecule has 61 heavy (non-hydrogen) atoms. The van der Waals surface area contributed by atoms with E-state index >= 15 is 0 Å². The van der Waals surface area contributed by atoms with Crippen LogP contribution in [0.2, 0.25) is 0 Å². The van der Waals surface area contributed by atoms with Crippen LogP contribution in [0.25, 0.3) is 10.8 Å². The van der Waals surface area contributed by atoms with Crippen molar-refractivity contribution in [1.82, 2.24) is 31.1 Å². The van der Waals surface area contributed by atoms with E-state index in [1.807, 2.05) is 42.5 Å². The summed E-state index contributed by atoms with van der Waals surface area (Å²) in [6, 6.07) is 13.6. The second kappa shape index (κ2) is 21.4. The topological polar surface area (TPSA) is 306 Å². The number of carbonyl (C=O) groups excluding carboxylic acids is 6. The lowest BCUT2D eigenvalue weighted by Gasteiger charge is -2.33. The number of amides is 6. The first-order valence-corrected chi connectivity index (χ1v) is 20.3. The molecule has 326 valence electrons. The standard InChI is InChI=1S/C42H56N12O7/c1-53-33(10-5-19-48-42(45)46)38(59)51-31(23-26-12-15-27-7-2-3-8-28(27)21-26)36(57)49-24-35(56)54-20-6-11-34(54)39(60)52-32(22-25-13-16-29(55)17-14-25)37(58)50-30(40(53)61)9-4-18-47-41(43)44/h2-3,7-8,12-17,21,30-34,55H,4-6,9-11,18-20,22-24H2,1H3,(H,49,57)(H,50,58)(H,51,59)(H,52,60)(H4,43,44,47)(H4,45,46,48)/t30-,31-,32+,33-,34-/m0/s1. The quantitative estimate of drug-likeness (QED) is 0.0595. The van der Waals surface area contributed by atoms with Crippen LogP contribution in [0.15, 0.2) is 76.7 Å². The van der Waals surface area contributed by atoms with Gasteiger partial charge in [0.05, 0.1) is 6.54 Å². The molecule has 0 bridgehead atoms. The van der Waals surface area contributed by atoms with Gasteiger partial charge in [0.1, 0.15) is 36.0 Å². The van der Waals surface area contributed by atoms with E-state index in [1.54, 1.807) is 12.1 Å².